The predicted octanol–water partition coefficient (Wildman–Crippen LogP) is 1.94. The summed E-state index contributed by atoms with van der Waals surface area (Å²) in [5.74, 6) is 0.629. The smallest absolute Gasteiger partial charge is 0.222 e. The van der Waals surface area contributed by atoms with Crippen molar-refractivity contribution in [3.8, 4) is 0 Å². The van der Waals surface area contributed by atoms with Crippen molar-refractivity contribution >= 4 is 5.91 Å². The van der Waals surface area contributed by atoms with E-state index in [1.807, 2.05) is 0 Å². The SMILES string of the molecule is CC[C@@H](C)CC(=O)N1CC(N=[N+]=[N-])C1. The van der Waals surface area contributed by atoms with E-state index in [0.29, 0.717) is 25.4 Å². The number of hydrogen-bond acceptors (Lipinski definition) is 2. The molecule has 0 aromatic rings. The molecule has 5 nitrogen and oxygen atoms in total. The van der Waals surface area contributed by atoms with Crippen molar-refractivity contribution in [2.24, 2.45) is 11.0 Å². The highest BCUT2D eigenvalue weighted by Gasteiger charge is 2.29. The van der Waals surface area contributed by atoms with E-state index >= 15 is 0 Å². The molecule has 14 heavy (non-hydrogen) atoms. The Labute approximate surface area is 83.7 Å². The first-order valence-electron chi connectivity index (χ1n) is 4.99. The monoisotopic (exact) mass is 196 g/mol. The highest BCUT2D eigenvalue weighted by Crippen LogP contribution is 2.16. The minimum Gasteiger partial charge on any atom is -0.342 e. The fraction of sp³-hybridized carbons (Fsp3) is 0.889. The molecule has 78 valence electrons. The van der Waals surface area contributed by atoms with Crippen LogP contribution in [0.1, 0.15) is 26.7 Å². The van der Waals surface area contributed by atoms with Crippen molar-refractivity contribution < 1.29 is 4.79 Å². The number of hydrogen-bond donors (Lipinski definition) is 0. The summed E-state index contributed by atoms with van der Waals surface area (Å²) in [5, 5.41) is 3.55. The summed E-state index contributed by atoms with van der Waals surface area (Å²) in [6, 6.07) is 0.000817. The summed E-state index contributed by atoms with van der Waals surface area (Å²) in [5.41, 5.74) is 8.16. The highest BCUT2D eigenvalue weighted by molar-refractivity contribution is 5.77. The zero-order chi connectivity index (χ0) is 10.6. The first-order valence-corrected chi connectivity index (χ1v) is 4.99. The number of likely N-dealkylation sites (tertiary alicyclic amines) is 1. The van der Waals surface area contributed by atoms with Gasteiger partial charge in [0, 0.05) is 24.4 Å². The summed E-state index contributed by atoms with van der Waals surface area (Å²) in [6.07, 6.45) is 1.64. The highest BCUT2D eigenvalue weighted by atomic mass is 16.2. The van der Waals surface area contributed by atoms with Gasteiger partial charge in [-0.25, -0.2) is 0 Å². The van der Waals surface area contributed by atoms with Gasteiger partial charge < -0.3 is 4.90 Å². The largest absolute Gasteiger partial charge is 0.342 e. The van der Waals surface area contributed by atoms with Crippen LogP contribution in [-0.4, -0.2) is 29.9 Å². The van der Waals surface area contributed by atoms with Crippen molar-refractivity contribution in [1.82, 2.24) is 4.90 Å². The summed E-state index contributed by atoms with van der Waals surface area (Å²) in [4.78, 5) is 16.0. The molecule has 1 amide bonds. The van der Waals surface area contributed by atoms with E-state index in [1.165, 1.54) is 0 Å². The quantitative estimate of drug-likeness (QED) is 0.385. The zero-order valence-electron chi connectivity index (χ0n) is 8.68. The molecule has 1 aliphatic rings. The Hall–Kier alpha value is -1.22. The number of rotatable bonds is 4. The van der Waals surface area contributed by atoms with E-state index in [0.717, 1.165) is 6.42 Å². The van der Waals surface area contributed by atoms with Gasteiger partial charge in [-0.2, -0.15) is 0 Å². The molecule has 1 fully saturated rings. The molecular weight excluding hydrogens is 180 g/mol. The van der Waals surface area contributed by atoms with Crippen molar-refractivity contribution in [1.29, 1.82) is 0 Å². The Kier molecular flexibility index (Phi) is 3.77. The van der Waals surface area contributed by atoms with Crippen molar-refractivity contribution in [2.45, 2.75) is 32.7 Å². The molecule has 5 heteroatoms. The Morgan fingerprint density at radius 2 is 2.36 bits per heavy atom. The molecule has 1 rings (SSSR count). The fourth-order valence-electron chi connectivity index (χ4n) is 1.38. The topological polar surface area (TPSA) is 69.1 Å². The van der Waals surface area contributed by atoms with Crippen LogP contribution in [0.5, 0.6) is 0 Å². The van der Waals surface area contributed by atoms with E-state index in [-0.39, 0.29) is 11.9 Å². The van der Waals surface area contributed by atoms with Crippen LogP contribution in [0.25, 0.3) is 10.4 Å². The molecule has 1 saturated heterocycles. The van der Waals surface area contributed by atoms with E-state index in [9.17, 15) is 4.79 Å². The van der Waals surface area contributed by atoms with Crippen molar-refractivity contribution in [3.63, 3.8) is 0 Å². The van der Waals surface area contributed by atoms with E-state index in [2.05, 4.69) is 23.9 Å². The van der Waals surface area contributed by atoms with Crippen LogP contribution < -0.4 is 0 Å². The summed E-state index contributed by atoms with van der Waals surface area (Å²) in [6.45, 7) is 5.35. The Balaban J connectivity index is 2.26. The second-order valence-corrected chi connectivity index (χ2v) is 3.88. The molecule has 0 aromatic heterocycles. The van der Waals surface area contributed by atoms with Gasteiger partial charge in [0.05, 0.1) is 6.04 Å². The van der Waals surface area contributed by atoms with Crippen LogP contribution in [0.2, 0.25) is 0 Å². The van der Waals surface area contributed by atoms with Crippen LogP contribution in [0.3, 0.4) is 0 Å². The van der Waals surface area contributed by atoms with Gasteiger partial charge in [-0.1, -0.05) is 25.4 Å². The molecular formula is C9H16N4O. The van der Waals surface area contributed by atoms with Crippen LogP contribution in [0, 0.1) is 5.92 Å². The number of amides is 1. The molecule has 1 atom stereocenters. The lowest BCUT2D eigenvalue weighted by Crippen LogP contribution is -2.52. The number of carbonyl (C=O) groups excluding carboxylic acids is 1. The maximum Gasteiger partial charge on any atom is 0.222 e. The molecule has 0 spiro atoms. The van der Waals surface area contributed by atoms with Gasteiger partial charge in [-0.3, -0.25) is 4.79 Å². The molecule has 0 aliphatic carbocycles. The van der Waals surface area contributed by atoms with Crippen molar-refractivity contribution in [3.05, 3.63) is 10.4 Å². The maximum absolute atomic E-state index is 11.5. The third-order valence-corrected chi connectivity index (χ3v) is 2.65. The summed E-state index contributed by atoms with van der Waals surface area (Å²) < 4.78 is 0. The van der Waals surface area contributed by atoms with E-state index in [1.54, 1.807) is 4.90 Å². The normalized spacial score (nSPS) is 18.3. The molecule has 0 unspecified atom stereocenters. The Morgan fingerprint density at radius 3 is 2.86 bits per heavy atom. The van der Waals surface area contributed by atoms with Gasteiger partial charge >= 0.3 is 0 Å². The second-order valence-electron chi connectivity index (χ2n) is 3.88. The first kappa shape index (κ1) is 10.9. The standard InChI is InChI=1S/C9H16N4O/c1-3-7(2)4-9(14)13-5-8(6-13)11-12-10/h7-8H,3-6H2,1-2H3/t7-/m1/s1. The van der Waals surface area contributed by atoms with Crippen molar-refractivity contribution in [2.75, 3.05) is 13.1 Å². The van der Waals surface area contributed by atoms with Crippen LogP contribution >= 0.6 is 0 Å². The van der Waals surface area contributed by atoms with Gasteiger partial charge in [-0.05, 0) is 11.4 Å². The minimum absolute atomic E-state index is 0.000817. The average molecular weight is 196 g/mol. The average Bonchev–Trinajstić information content (AvgIpc) is 2.10. The van der Waals surface area contributed by atoms with Gasteiger partial charge in [0.2, 0.25) is 5.91 Å². The molecule has 1 heterocycles. The lowest BCUT2D eigenvalue weighted by Gasteiger charge is -2.37. The number of carbonyl (C=O) groups is 1. The second kappa shape index (κ2) is 4.86. The van der Waals surface area contributed by atoms with Gasteiger partial charge in [0.1, 0.15) is 0 Å². The Morgan fingerprint density at radius 1 is 1.71 bits per heavy atom. The Bertz CT molecular complexity index is 254. The maximum atomic E-state index is 11.5. The van der Waals surface area contributed by atoms with Gasteiger partial charge in [0.15, 0.2) is 0 Å². The third-order valence-electron chi connectivity index (χ3n) is 2.65. The van der Waals surface area contributed by atoms with E-state index in [4.69, 9.17) is 5.53 Å². The summed E-state index contributed by atoms with van der Waals surface area (Å²) in [7, 11) is 0. The first-order chi connectivity index (χ1) is 6.67. The third kappa shape index (κ3) is 2.64. The number of azide groups is 1. The molecule has 0 bridgehead atoms. The molecule has 0 saturated carbocycles. The number of nitrogens with zero attached hydrogens (tertiary/aromatic N) is 4. The van der Waals surface area contributed by atoms with Crippen LogP contribution in [0.4, 0.5) is 0 Å². The molecule has 0 N–H and O–H groups in total. The van der Waals surface area contributed by atoms with Crippen LogP contribution in [0.15, 0.2) is 5.11 Å². The lowest BCUT2D eigenvalue weighted by molar-refractivity contribution is -0.136. The predicted molar refractivity (Wildman–Crippen MR) is 53.6 cm³/mol. The van der Waals surface area contributed by atoms with Gasteiger partial charge in [-0.15, -0.1) is 0 Å². The lowest BCUT2D eigenvalue weighted by atomic mass is 10.0. The molecule has 0 radical (unpaired) electrons. The van der Waals surface area contributed by atoms with Gasteiger partial charge in [0.25, 0.3) is 0 Å². The molecule has 1 aliphatic heterocycles. The fourth-order valence-corrected chi connectivity index (χ4v) is 1.38. The summed E-state index contributed by atoms with van der Waals surface area (Å²) >= 11 is 0. The zero-order valence-corrected chi connectivity index (χ0v) is 8.68. The van der Waals surface area contributed by atoms with Crippen LogP contribution in [-0.2, 0) is 4.79 Å². The molecule has 0 aromatic carbocycles. The minimum atomic E-state index is 0.000817. The van der Waals surface area contributed by atoms with E-state index < -0.39 is 0 Å².